The Balaban J connectivity index is 1.43. The van der Waals surface area contributed by atoms with E-state index in [-0.39, 0.29) is 17.1 Å². The van der Waals surface area contributed by atoms with Crippen LogP contribution in [-0.2, 0) is 6.61 Å². The number of hydrogen-bond donors (Lipinski definition) is 0. The van der Waals surface area contributed by atoms with Gasteiger partial charge in [0.15, 0.2) is 11.6 Å². The molecule has 0 unspecified atom stereocenters. The molecule has 1 aliphatic rings. The fourth-order valence-electron chi connectivity index (χ4n) is 3.78. The molecule has 0 bridgehead atoms. The average molecular weight is 390 g/mol. The zero-order valence-corrected chi connectivity index (χ0v) is 16.2. The Labute approximate surface area is 174 Å². The van der Waals surface area contributed by atoms with Gasteiger partial charge in [0.2, 0.25) is 0 Å². The van der Waals surface area contributed by atoms with E-state index >= 15 is 0 Å². The Morgan fingerprint density at radius 3 is 2.07 bits per heavy atom. The molecule has 0 aromatic heterocycles. The highest BCUT2D eigenvalue weighted by Crippen LogP contribution is 2.30. The highest BCUT2D eigenvalue weighted by atomic mass is 16.5. The smallest absolute Gasteiger partial charge is 0.197 e. The average Bonchev–Trinajstić information content (AvgIpc) is 3.03. The van der Waals surface area contributed by atoms with Crippen molar-refractivity contribution in [2.75, 3.05) is 0 Å². The van der Waals surface area contributed by atoms with Gasteiger partial charge in [0, 0.05) is 16.7 Å². The number of fused-ring (bicyclic) bond motifs is 2. The van der Waals surface area contributed by atoms with Crippen LogP contribution in [0.5, 0.6) is 5.75 Å². The zero-order valence-electron chi connectivity index (χ0n) is 16.2. The summed E-state index contributed by atoms with van der Waals surface area (Å²) in [5.74, 6) is 0.162. The third-order valence-electron chi connectivity index (χ3n) is 5.33. The summed E-state index contributed by atoms with van der Waals surface area (Å²) in [5, 5.41) is 2.35. The van der Waals surface area contributed by atoms with Crippen LogP contribution < -0.4 is 4.74 Å². The van der Waals surface area contributed by atoms with Gasteiger partial charge in [-0.1, -0.05) is 78.9 Å². The van der Waals surface area contributed by atoms with E-state index in [0.717, 1.165) is 10.9 Å². The summed E-state index contributed by atoms with van der Waals surface area (Å²) in [6.45, 7) is 0.396. The van der Waals surface area contributed by atoms with Crippen LogP contribution in [0.1, 0.15) is 31.8 Å². The fraction of sp³-hybridized carbons (Fsp3) is 0.0370. The number of carbonyl (C=O) groups excluding carboxylic acids is 2. The molecule has 4 aromatic rings. The fourth-order valence-corrected chi connectivity index (χ4v) is 3.78. The monoisotopic (exact) mass is 390 g/mol. The molecule has 3 heteroatoms. The second-order valence-electron chi connectivity index (χ2n) is 7.27. The van der Waals surface area contributed by atoms with Crippen LogP contribution in [0.2, 0.25) is 0 Å². The first-order valence-corrected chi connectivity index (χ1v) is 9.80. The Morgan fingerprint density at radius 1 is 0.667 bits per heavy atom. The number of ether oxygens (including phenoxy) is 1. The van der Waals surface area contributed by atoms with Crippen molar-refractivity contribution in [3.05, 3.63) is 119 Å². The lowest BCUT2D eigenvalue weighted by Crippen LogP contribution is -2.02. The molecular weight excluding hydrogens is 372 g/mol. The molecule has 0 aliphatic heterocycles. The quantitative estimate of drug-likeness (QED) is 0.323. The molecule has 0 radical (unpaired) electrons. The van der Waals surface area contributed by atoms with Gasteiger partial charge in [-0.15, -0.1) is 0 Å². The van der Waals surface area contributed by atoms with Gasteiger partial charge in [-0.3, -0.25) is 9.59 Å². The van der Waals surface area contributed by atoms with Crippen molar-refractivity contribution in [1.82, 2.24) is 0 Å². The van der Waals surface area contributed by atoms with Crippen molar-refractivity contribution in [2.24, 2.45) is 0 Å². The van der Waals surface area contributed by atoms with Gasteiger partial charge in [0.05, 0.1) is 5.57 Å². The molecule has 0 N–H and O–H groups in total. The lowest BCUT2D eigenvalue weighted by atomic mass is 10.1. The van der Waals surface area contributed by atoms with Gasteiger partial charge in [0.1, 0.15) is 12.4 Å². The van der Waals surface area contributed by atoms with E-state index in [1.165, 1.54) is 5.39 Å². The minimum atomic E-state index is -0.236. The van der Waals surface area contributed by atoms with Gasteiger partial charge in [-0.25, -0.2) is 0 Å². The number of rotatable bonds is 4. The molecule has 30 heavy (non-hydrogen) atoms. The van der Waals surface area contributed by atoms with Crippen molar-refractivity contribution in [2.45, 2.75) is 6.61 Å². The molecule has 3 nitrogen and oxygen atoms in total. The molecule has 0 heterocycles. The van der Waals surface area contributed by atoms with E-state index < -0.39 is 0 Å². The molecule has 144 valence electrons. The molecule has 1 aliphatic carbocycles. The van der Waals surface area contributed by atoms with E-state index in [1.807, 2.05) is 42.5 Å². The molecule has 0 saturated carbocycles. The van der Waals surface area contributed by atoms with E-state index in [1.54, 1.807) is 30.3 Å². The van der Waals surface area contributed by atoms with Crippen LogP contribution in [0.25, 0.3) is 16.8 Å². The number of allylic oxidation sites excluding steroid dienone is 1. The van der Waals surface area contributed by atoms with Crippen LogP contribution >= 0.6 is 0 Å². The van der Waals surface area contributed by atoms with Crippen molar-refractivity contribution in [3.63, 3.8) is 0 Å². The van der Waals surface area contributed by atoms with Gasteiger partial charge in [-0.05, 0) is 34.5 Å². The summed E-state index contributed by atoms with van der Waals surface area (Å²) < 4.78 is 6.06. The summed E-state index contributed by atoms with van der Waals surface area (Å²) >= 11 is 0. The van der Waals surface area contributed by atoms with Gasteiger partial charge >= 0.3 is 0 Å². The third-order valence-corrected chi connectivity index (χ3v) is 5.33. The van der Waals surface area contributed by atoms with Crippen LogP contribution in [0, 0.1) is 0 Å². The van der Waals surface area contributed by atoms with Gasteiger partial charge in [0.25, 0.3) is 0 Å². The normalized spacial score (nSPS) is 12.9. The summed E-state index contributed by atoms with van der Waals surface area (Å²) in [5.41, 5.74) is 2.86. The van der Waals surface area contributed by atoms with E-state index in [4.69, 9.17) is 4.74 Å². The van der Waals surface area contributed by atoms with Crippen molar-refractivity contribution >= 4 is 28.4 Å². The summed E-state index contributed by atoms with van der Waals surface area (Å²) in [6, 6.07) is 28.8. The lowest BCUT2D eigenvalue weighted by Gasteiger charge is -2.10. The molecule has 0 saturated heterocycles. The van der Waals surface area contributed by atoms with Crippen molar-refractivity contribution in [1.29, 1.82) is 0 Å². The Bertz CT molecular complexity index is 1290. The summed E-state index contributed by atoms with van der Waals surface area (Å²) in [4.78, 5) is 25.4. The van der Waals surface area contributed by atoms with E-state index in [9.17, 15) is 9.59 Å². The molecule has 4 aromatic carbocycles. The minimum absolute atomic E-state index is 0.179. The van der Waals surface area contributed by atoms with Crippen LogP contribution in [0.3, 0.4) is 0 Å². The first-order valence-electron chi connectivity index (χ1n) is 9.80. The Kier molecular flexibility index (Phi) is 4.49. The topological polar surface area (TPSA) is 43.4 Å². The third kappa shape index (κ3) is 3.20. The summed E-state index contributed by atoms with van der Waals surface area (Å²) in [7, 11) is 0. The molecular formula is C27H18O3. The number of ketones is 2. The van der Waals surface area contributed by atoms with Gasteiger partial charge in [-0.2, -0.15) is 0 Å². The SMILES string of the molecule is O=C1C(=Cc2ccccc2OCc2ccc3ccccc3c2)C(=O)c2ccccc21. The second-order valence-corrected chi connectivity index (χ2v) is 7.27. The molecule has 0 spiro atoms. The first kappa shape index (κ1) is 18.1. The lowest BCUT2D eigenvalue weighted by molar-refractivity contribution is 0.0990. The van der Waals surface area contributed by atoms with Crippen LogP contribution in [0.15, 0.2) is 96.6 Å². The molecule has 0 amide bonds. The maximum atomic E-state index is 12.7. The molecule has 0 atom stereocenters. The molecule has 5 rings (SSSR count). The first-order chi connectivity index (χ1) is 14.7. The molecule has 0 fully saturated rings. The maximum Gasteiger partial charge on any atom is 0.197 e. The summed E-state index contributed by atoms with van der Waals surface area (Å²) in [6.07, 6.45) is 1.64. The highest BCUT2D eigenvalue weighted by molar-refractivity contribution is 6.41. The minimum Gasteiger partial charge on any atom is -0.488 e. The predicted molar refractivity (Wildman–Crippen MR) is 118 cm³/mol. The number of benzene rings is 4. The predicted octanol–water partition coefficient (Wildman–Crippen LogP) is 5.88. The number of hydrogen-bond acceptors (Lipinski definition) is 3. The zero-order chi connectivity index (χ0) is 20.5. The highest BCUT2D eigenvalue weighted by Gasteiger charge is 2.32. The van der Waals surface area contributed by atoms with Crippen molar-refractivity contribution < 1.29 is 14.3 Å². The number of Topliss-reactive ketones (excluding diaryl/α,β-unsaturated/α-hetero) is 2. The largest absolute Gasteiger partial charge is 0.488 e. The Morgan fingerprint density at radius 2 is 1.30 bits per heavy atom. The van der Waals surface area contributed by atoms with Crippen LogP contribution in [0.4, 0.5) is 0 Å². The Hall–Kier alpha value is -3.98. The van der Waals surface area contributed by atoms with E-state index in [2.05, 4.69) is 24.3 Å². The number of para-hydroxylation sites is 1. The van der Waals surface area contributed by atoms with Gasteiger partial charge < -0.3 is 4.74 Å². The second kappa shape index (κ2) is 7.45. The van der Waals surface area contributed by atoms with Crippen molar-refractivity contribution in [3.8, 4) is 5.75 Å². The standard InChI is InChI=1S/C27H18O3/c28-26-22-10-4-5-11-23(22)27(29)24(26)16-21-9-3-6-12-25(21)30-17-18-13-14-19-7-1-2-8-20(19)15-18/h1-16H,17H2. The maximum absolute atomic E-state index is 12.7. The van der Waals surface area contributed by atoms with Crippen LogP contribution in [-0.4, -0.2) is 11.6 Å². The number of carbonyl (C=O) groups is 2. The van der Waals surface area contributed by atoms with E-state index in [0.29, 0.717) is 29.0 Å².